The summed E-state index contributed by atoms with van der Waals surface area (Å²) < 4.78 is 34.5. The summed E-state index contributed by atoms with van der Waals surface area (Å²) in [4.78, 5) is 12.5. The number of ether oxygens (including phenoxy) is 1. The first-order valence-corrected chi connectivity index (χ1v) is 13.0. The van der Waals surface area contributed by atoms with E-state index in [1.165, 1.54) is 16.4 Å². The summed E-state index contributed by atoms with van der Waals surface area (Å²) in [5.41, 5.74) is 2.76. The highest BCUT2D eigenvalue weighted by Crippen LogP contribution is 2.32. The van der Waals surface area contributed by atoms with Crippen LogP contribution in [0.5, 0.6) is 5.75 Å². The molecule has 1 heterocycles. The van der Waals surface area contributed by atoms with E-state index in [-0.39, 0.29) is 23.5 Å². The van der Waals surface area contributed by atoms with Crippen LogP contribution in [0.25, 0.3) is 0 Å². The lowest BCUT2D eigenvalue weighted by Gasteiger charge is -2.30. The average molecular weight is 529 g/mol. The largest absolute Gasteiger partial charge is 0.484 e. The first-order valence-electron chi connectivity index (χ1n) is 10.7. The van der Waals surface area contributed by atoms with Crippen molar-refractivity contribution in [2.75, 3.05) is 17.5 Å². The number of hydrogen-bond acceptors (Lipinski definition) is 4. The van der Waals surface area contributed by atoms with Crippen molar-refractivity contribution in [3.63, 3.8) is 0 Å². The minimum absolute atomic E-state index is 0.158. The molecule has 33 heavy (non-hydrogen) atoms. The first-order chi connectivity index (χ1) is 15.8. The predicted molar refractivity (Wildman–Crippen MR) is 132 cm³/mol. The third-order valence-corrected chi connectivity index (χ3v) is 7.95. The molecule has 172 valence electrons. The molecule has 1 N–H and O–H groups in total. The molecular weight excluding hydrogens is 504 g/mol. The van der Waals surface area contributed by atoms with Gasteiger partial charge in [-0.05, 0) is 73.4 Å². The summed E-state index contributed by atoms with van der Waals surface area (Å²) in [5.74, 6) is 0.173. The average Bonchev–Trinajstić information content (AvgIpc) is 2.83. The number of halogens is 1. The Morgan fingerprint density at radius 2 is 1.76 bits per heavy atom. The fourth-order valence-corrected chi connectivity index (χ4v) is 5.66. The van der Waals surface area contributed by atoms with E-state index in [0.29, 0.717) is 12.3 Å². The molecule has 0 spiro atoms. The molecule has 0 unspecified atom stereocenters. The van der Waals surface area contributed by atoms with Crippen molar-refractivity contribution >= 4 is 37.5 Å². The lowest BCUT2D eigenvalue weighted by atomic mass is 10.0. The normalized spacial score (nSPS) is 14.3. The van der Waals surface area contributed by atoms with Gasteiger partial charge in [-0.15, -0.1) is 0 Å². The van der Waals surface area contributed by atoms with Gasteiger partial charge in [0.05, 0.1) is 16.6 Å². The Hall–Kier alpha value is -2.84. The number of para-hydroxylation sites is 1. The minimum atomic E-state index is -3.68. The molecule has 0 saturated heterocycles. The lowest BCUT2D eigenvalue weighted by Crippen LogP contribution is -2.35. The molecule has 3 aromatic carbocycles. The lowest BCUT2D eigenvalue weighted by molar-refractivity contribution is -0.123. The van der Waals surface area contributed by atoms with E-state index in [4.69, 9.17) is 4.74 Å². The van der Waals surface area contributed by atoms with Crippen molar-refractivity contribution in [3.8, 4) is 5.75 Å². The van der Waals surface area contributed by atoms with Gasteiger partial charge in [-0.25, -0.2) is 8.42 Å². The number of sulfonamides is 1. The molecule has 6 nitrogen and oxygen atoms in total. The maximum atomic E-state index is 13.2. The first kappa shape index (κ1) is 23.3. The Balaban J connectivity index is 1.37. The monoisotopic (exact) mass is 528 g/mol. The van der Waals surface area contributed by atoms with Gasteiger partial charge < -0.3 is 10.1 Å². The molecule has 1 aliphatic rings. The standard InChI is InChI=1S/C25H25BrN2O4S/c1-18(19-8-10-21(26)11-9-19)27-25(29)17-32-22-12-14-23(15-13-22)33(30,31)28-16-4-6-20-5-2-3-7-24(20)28/h2-3,5,7-15,18H,4,6,16-17H2,1H3,(H,27,29)/t18-/m0/s1. The summed E-state index contributed by atoms with van der Waals surface area (Å²) in [5, 5.41) is 2.89. The second kappa shape index (κ2) is 9.97. The zero-order chi connectivity index (χ0) is 23.4. The van der Waals surface area contributed by atoms with Crippen molar-refractivity contribution in [3.05, 3.63) is 88.4 Å². The number of aryl methyl sites for hydroxylation is 1. The van der Waals surface area contributed by atoms with Crippen LogP contribution in [-0.2, 0) is 21.2 Å². The van der Waals surface area contributed by atoms with E-state index in [1.807, 2.05) is 55.5 Å². The van der Waals surface area contributed by atoms with Crippen molar-refractivity contribution < 1.29 is 17.9 Å². The number of hydrogen-bond donors (Lipinski definition) is 1. The second-order valence-electron chi connectivity index (χ2n) is 7.91. The fraction of sp³-hybridized carbons (Fsp3) is 0.240. The molecule has 0 aliphatic carbocycles. The van der Waals surface area contributed by atoms with Crippen LogP contribution >= 0.6 is 15.9 Å². The van der Waals surface area contributed by atoms with Crippen molar-refractivity contribution in [2.24, 2.45) is 0 Å². The van der Waals surface area contributed by atoms with Gasteiger partial charge in [-0.1, -0.05) is 46.3 Å². The minimum Gasteiger partial charge on any atom is -0.484 e. The van der Waals surface area contributed by atoms with Crippen LogP contribution in [0.15, 0.2) is 82.2 Å². The summed E-state index contributed by atoms with van der Waals surface area (Å²) in [7, 11) is -3.68. The zero-order valence-electron chi connectivity index (χ0n) is 18.2. The van der Waals surface area contributed by atoms with Gasteiger partial charge in [0.1, 0.15) is 5.75 Å². The molecule has 8 heteroatoms. The van der Waals surface area contributed by atoms with E-state index in [0.717, 1.165) is 34.1 Å². The smallest absolute Gasteiger partial charge is 0.264 e. The second-order valence-corrected chi connectivity index (χ2v) is 10.7. The van der Waals surface area contributed by atoms with Crippen LogP contribution in [0.2, 0.25) is 0 Å². The van der Waals surface area contributed by atoms with E-state index in [2.05, 4.69) is 21.2 Å². The third kappa shape index (κ3) is 5.39. The van der Waals surface area contributed by atoms with Crippen LogP contribution < -0.4 is 14.4 Å². The van der Waals surface area contributed by atoms with Gasteiger partial charge >= 0.3 is 0 Å². The number of nitrogens with zero attached hydrogens (tertiary/aromatic N) is 1. The van der Waals surface area contributed by atoms with Crippen molar-refractivity contribution in [2.45, 2.75) is 30.7 Å². The van der Waals surface area contributed by atoms with Crippen molar-refractivity contribution in [1.29, 1.82) is 0 Å². The van der Waals surface area contributed by atoms with E-state index in [1.54, 1.807) is 12.1 Å². The van der Waals surface area contributed by atoms with Gasteiger partial charge in [0.25, 0.3) is 15.9 Å². The maximum absolute atomic E-state index is 13.2. The van der Waals surface area contributed by atoms with Crippen LogP contribution in [0.3, 0.4) is 0 Å². The summed E-state index contributed by atoms with van der Waals surface area (Å²) in [6.45, 7) is 2.19. The molecule has 1 aliphatic heterocycles. The van der Waals surface area contributed by atoms with E-state index >= 15 is 0 Å². The Bertz CT molecular complexity index is 1230. The SMILES string of the molecule is C[C@H](NC(=O)COc1ccc(S(=O)(=O)N2CCCc3ccccc32)cc1)c1ccc(Br)cc1. The van der Waals surface area contributed by atoms with Crippen LogP contribution in [0, 0.1) is 0 Å². The quantitative estimate of drug-likeness (QED) is 0.475. The molecular formula is C25H25BrN2O4S. The Labute approximate surface area is 202 Å². The Morgan fingerprint density at radius 1 is 1.06 bits per heavy atom. The van der Waals surface area contributed by atoms with Gasteiger partial charge in [-0.2, -0.15) is 0 Å². The molecule has 0 saturated carbocycles. The highest BCUT2D eigenvalue weighted by molar-refractivity contribution is 9.10. The fourth-order valence-electron chi connectivity index (χ4n) is 3.85. The molecule has 1 atom stereocenters. The van der Waals surface area contributed by atoms with Crippen LogP contribution in [0.1, 0.15) is 30.5 Å². The van der Waals surface area contributed by atoms with Gasteiger partial charge in [-0.3, -0.25) is 9.10 Å². The Morgan fingerprint density at radius 3 is 2.48 bits per heavy atom. The molecule has 0 radical (unpaired) electrons. The van der Waals surface area contributed by atoms with Crippen LogP contribution in [-0.4, -0.2) is 27.5 Å². The maximum Gasteiger partial charge on any atom is 0.264 e. The predicted octanol–water partition coefficient (Wildman–Crippen LogP) is 4.85. The zero-order valence-corrected chi connectivity index (χ0v) is 20.6. The number of fused-ring (bicyclic) bond motifs is 1. The molecule has 0 fully saturated rings. The molecule has 4 rings (SSSR count). The Kier molecular flexibility index (Phi) is 7.05. The molecule has 0 bridgehead atoms. The number of amides is 1. The molecule has 3 aromatic rings. The number of carbonyl (C=O) groups excluding carboxylic acids is 1. The van der Waals surface area contributed by atoms with E-state index in [9.17, 15) is 13.2 Å². The molecule has 1 amide bonds. The number of nitrogens with one attached hydrogen (secondary N) is 1. The topological polar surface area (TPSA) is 75.7 Å². The molecule has 0 aromatic heterocycles. The number of rotatable bonds is 7. The number of benzene rings is 3. The van der Waals surface area contributed by atoms with Crippen molar-refractivity contribution in [1.82, 2.24) is 5.32 Å². The summed E-state index contributed by atoms with van der Waals surface area (Å²) in [6, 6.07) is 21.4. The highest BCUT2D eigenvalue weighted by Gasteiger charge is 2.28. The summed E-state index contributed by atoms with van der Waals surface area (Å²) >= 11 is 3.40. The number of carbonyl (C=O) groups is 1. The third-order valence-electron chi connectivity index (χ3n) is 5.60. The highest BCUT2D eigenvalue weighted by atomic mass is 79.9. The number of anilines is 1. The van der Waals surface area contributed by atoms with E-state index < -0.39 is 10.0 Å². The van der Waals surface area contributed by atoms with Crippen LogP contribution in [0.4, 0.5) is 5.69 Å². The van der Waals surface area contributed by atoms with Gasteiger partial charge in [0, 0.05) is 11.0 Å². The summed E-state index contributed by atoms with van der Waals surface area (Å²) in [6.07, 6.45) is 1.66. The van der Waals surface area contributed by atoms with Gasteiger partial charge in [0.15, 0.2) is 6.61 Å². The van der Waals surface area contributed by atoms with Gasteiger partial charge in [0.2, 0.25) is 0 Å².